The van der Waals surface area contributed by atoms with Gasteiger partial charge >= 0.3 is 0 Å². The normalized spacial score (nSPS) is 24.8. The van der Waals surface area contributed by atoms with Crippen LogP contribution in [0, 0.1) is 11.6 Å². The fraction of sp³-hybridized carbons (Fsp3) is 0.400. The Morgan fingerprint density at radius 2 is 2.21 bits per heavy atom. The van der Waals surface area contributed by atoms with Crippen molar-refractivity contribution in [1.82, 2.24) is 0 Å². The second kappa shape index (κ2) is 3.20. The second-order valence-electron chi connectivity index (χ2n) is 3.60. The summed E-state index contributed by atoms with van der Waals surface area (Å²) in [5.74, 6) is -1.24. The van der Waals surface area contributed by atoms with Gasteiger partial charge in [-0.15, -0.1) is 0 Å². The summed E-state index contributed by atoms with van der Waals surface area (Å²) in [6.07, 6.45) is 0. The summed E-state index contributed by atoms with van der Waals surface area (Å²) >= 11 is 0. The fourth-order valence-corrected chi connectivity index (χ4v) is 1.03. The van der Waals surface area contributed by atoms with Crippen molar-refractivity contribution >= 4 is 0 Å². The molecule has 1 unspecified atom stereocenters. The SMILES string of the molecule is CC1(COc2ccc(F)cc2F)CO1. The molecule has 1 heterocycles. The predicted molar refractivity (Wildman–Crippen MR) is 46.2 cm³/mol. The molecule has 1 atom stereocenters. The van der Waals surface area contributed by atoms with Gasteiger partial charge in [-0.2, -0.15) is 0 Å². The highest BCUT2D eigenvalue weighted by Crippen LogP contribution is 2.27. The molecule has 0 spiro atoms. The van der Waals surface area contributed by atoms with Gasteiger partial charge in [0, 0.05) is 6.07 Å². The quantitative estimate of drug-likeness (QED) is 0.697. The Bertz CT molecular complexity index is 348. The zero-order valence-corrected chi connectivity index (χ0v) is 7.72. The average Bonchev–Trinajstić information content (AvgIpc) is 2.83. The van der Waals surface area contributed by atoms with E-state index in [2.05, 4.69) is 0 Å². The maximum Gasteiger partial charge on any atom is 0.167 e. The molecular formula is C10H10F2O2. The Hall–Kier alpha value is -1.16. The zero-order chi connectivity index (χ0) is 10.2. The standard InChI is InChI=1S/C10H10F2O2/c1-10(6-14-10)5-13-9-3-2-7(11)4-8(9)12/h2-4H,5-6H2,1H3. The molecule has 0 bridgehead atoms. The Labute approximate surface area is 80.4 Å². The van der Waals surface area contributed by atoms with Crippen LogP contribution in [0.1, 0.15) is 6.92 Å². The van der Waals surface area contributed by atoms with E-state index in [9.17, 15) is 8.78 Å². The number of rotatable bonds is 3. The van der Waals surface area contributed by atoms with Crippen molar-refractivity contribution in [1.29, 1.82) is 0 Å². The molecule has 1 aliphatic heterocycles. The third-order valence-corrected chi connectivity index (χ3v) is 2.06. The monoisotopic (exact) mass is 200 g/mol. The topological polar surface area (TPSA) is 21.8 Å². The van der Waals surface area contributed by atoms with Crippen molar-refractivity contribution in [2.75, 3.05) is 13.2 Å². The minimum absolute atomic E-state index is 0.0584. The van der Waals surface area contributed by atoms with Gasteiger partial charge < -0.3 is 9.47 Å². The molecule has 0 saturated carbocycles. The molecule has 1 saturated heterocycles. The lowest BCUT2D eigenvalue weighted by Crippen LogP contribution is -2.17. The smallest absolute Gasteiger partial charge is 0.167 e. The molecule has 1 aliphatic rings. The third kappa shape index (κ3) is 2.01. The van der Waals surface area contributed by atoms with Crippen LogP contribution >= 0.6 is 0 Å². The van der Waals surface area contributed by atoms with Gasteiger partial charge in [0.1, 0.15) is 18.0 Å². The second-order valence-corrected chi connectivity index (χ2v) is 3.60. The number of epoxide rings is 1. The molecule has 4 heteroatoms. The molecule has 1 aromatic carbocycles. The van der Waals surface area contributed by atoms with E-state index in [1.165, 1.54) is 6.07 Å². The highest BCUT2D eigenvalue weighted by atomic mass is 19.1. The summed E-state index contributed by atoms with van der Waals surface area (Å²) in [4.78, 5) is 0. The molecular weight excluding hydrogens is 190 g/mol. The van der Waals surface area contributed by atoms with Gasteiger partial charge in [-0.25, -0.2) is 8.78 Å². The average molecular weight is 200 g/mol. The van der Waals surface area contributed by atoms with E-state index >= 15 is 0 Å². The Morgan fingerprint density at radius 3 is 2.79 bits per heavy atom. The van der Waals surface area contributed by atoms with E-state index in [4.69, 9.17) is 9.47 Å². The van der Waals surface area contributed by atoms with Crippen molar-refractivity contribution in [3.05, 3.63) is 29.8 Å². The van der Waals surface area contributed by atoms with Crippen molar-refractivity contribution in [2.24, 2.45) is 0 Å². The van der Waals surface area contributed by atoms with Crippen LogP contribution in [0.2, 0.25) is 0 Å². The lowest BCUT2D eigenvalue weighted by atomic mass is 10.2. The van der Waals surface area contributed by atoms with Gasteiger partial charge in [0.25, 0.3) is 0 Å². The highest BCUT2D eigenvalue weighted by Gasteiger charge is 2.40. The first-order chi connectivity index (χ1) is 6.59. The number of ether oxygens (including phenoxy) is 2. The molecule has 0 radical (unpaired) electrons. The van der Waals surface area contributed by atoms with Gasteiger partial charge in [-0.3, -0.25) is 0 Å². The van der Waals surface area contributed by atoms with Gasteiger partial charge in [0.05, 0.1) is 6.61 Å². The van der Waals surface area contributed by atoms with Crippen molar-refractivity contribution in [2.45, 2.75) is 12.5 Å². The number of halogens is 2. The van der Waals surface area contributed by atoms with E-state index in [0.717, 1.165) is 12.1 Å². The van der Waals surface area contributed by atoms with Gasteiger partial charge in [0.15, 0.2) is 11.6 Å². The van der Waals surface area contributed by atoms with Crippen LogP contribution in [0.4, 0.5) is 8.78 Å². The maximum atomic E-state index is 13.0. The molecule has 14 heavy (non-hydrogen) atoms. The minimum atomic E-state index is -0.686. The van der Waals surface area contributed by atoms with Crippen LogP contribution in [0.5, 0.6) is 5.75 Å². The van der Waals surface area contributed by atoms with Crippen molar-refractivity contribution in [3.63, 3.8) is 0 Å². The fourth-order valence-electron chi connectivity index (χ4n) is 1.03. The van der Waals surface area contributed by atoms with Gasteiger partial charge in [-0.05, 0) is 19.1 Å². The Kier molecular flexibility index (Phi) is 2.15. The van der Waals surface area contributed by atoms with E-state index in [1.54, 1.807) is 0 Å². The molecule has 76 valence electrons. The molecule has 0 aromatic heterocycles. The Morgan fingerprint density at radius 1 is 1.50 bits per heavy atom. The van der Waals surface area contributed by atoms with E-state index < -0.39 is 11.6 Å². The van der Waals surface area contributed by atoms with E-state index in [1.807, 2.05) is 6.92 Å². The molecule has 0 amide bonds. The van der Waals surface area contributed by atoms with Crippen LogP contribution in [0.25, 0.3) is 0 Å². The summed E-state index contributed by atoms with van der Waals surface area (Å²) in [7, 11) is 0. The summed E-state index contributed by atoms with van der Waals surface area (Å²) < 4.78 is 35.8. The largest absolute Gasteiger partial charge is 0.487 e. The number of hydrogen-bond donors (Lipinski definition) is 0. The summed E-state index contributed by atoms with van der Waals surface area (Å²) in [6.45, 7) is 2.78. The van der Waals surface area contributed by atoms with Crippen LogP contribution in [0.15, 0.2) is 18.2 Å². The molecule has 0 N–H and O–H groups in total. The first-order valence-corrected chi connectivity index (χ1v) is 4.31. The first-order valence-electron chi connectivity index (χ1n) is 4.31. The van der Waals surface area contributed by atoms with Crippen molar-refractivity contribution in [3.8, 4) is 5.75 Å². The zero-order valence-electron chi connectivity index (χ0n) is 7.72. The van der Waals surface area contributed by atoms with Gasteiger partial charge in [-0.1, -0.05) is 0 Å². The summed E-state index contributed by atoms with van der Waals surface area (Å²) in [5, 5.41) is 0. The summed E-state index contributed by atoms with van der Waals surface area (Å²) in [6, 6.07) is 3.23. The Balaban J connectivity index is 2.02. The molecule has 2 rings (SSSR count). The maximum absolute atomic E-state index is 13.0. The number of hydrogen-bond acceptors (Lipinski definition) is 2. The van der Waals surface area contributed by atoms with Crippen LogP contribution in [-0.2, 0) is 4.74 Å². The van der Waals surface area contributed by atoms with Crippen LogP contribution in [-0.4, -0.2) is 18.8 Å². The highest BCUT2D eigenvalue weighted by molar-refractivity contribution is 5.24. The van der Waals surface area contributed by atoms with Crippen molar-refractivity contribution < 1.29 is 18.3 Å². The van der Waals surface area contributed by atoms with E-state index in [0.29, 0.717) is 6.61 Å². The predicted octanol–water partition coefficient (Wildman–Crippen LogP) is 2.13. The lowest BCUT2D eigenvalue weighted by Gasteiger charge is -2.09. The van der Waals surface area contributed by atoms with Crippen LogP contribution < -0.4 is 4.74 Å². The van der Waals surface area contributed by atoms with E-state index in [-0.39, 0.29) is 18.0 Å². The third-order valence-electron chi connectivity index (χ3n) is 2.06. The molecule has 1 fully saturated rings. The molecule has 1 aromatic rings. The number of benzene rings is 1. The molecule has 2 nitrogen and oxygen atoms in total. The lowest BCUT2D eigenvalue weighted by molar-refractivity contribution is 0.196. The van der Waals surface area contributed by atoms with Crippen LogP contribution in [0.3, 0.4) is 0 Å². The first kappa shape index (κ1) is 9.40. The summed E-state index contributed by atoms with van der Waals surface area (Å²) in [5.41, 5.74) is -0.291. The van der Waals surface area contributed by atoms with Gasteiger partial charge in [0.2, 0.25) is 0 Å². The minimum Gasteiger partial charge on any atom is -0.487 e. The molecule has 0 aliphatic carbocycles.